The molecule has 1 heterocycles. The molecule has 102 valence electrons. The van der Waals surface area contributed by atoms with Gasteiger partial charge in [0, 0.05) is 13.0 Å². The normalized spacial score (nSPS) is 12.7. The highest BCUT2D eigenvalue weighted by Gasteiger charge is 2.18. The van der Waals surface area contributed by atoms with Gasteiger partial charge < -0.3 is 5.11 Å². The fourth-order valence-corrected chi connectivity index (χ4v) is 2.68. The second kappa shape index (κ2) is 5.84. The van der Waals surface area contributed by atoms with E-state index in [1.807, 2.05) is 20.0 Å². The second-order valence-electron chi connectivity index (χ2n) is 4.61. The van der Waals surface area contributed by atoms with Crippen LogP contribution in [0.1, 0.15) is 22.9 Å². The van der Waals surface area contributed by atoms with E-state index in [9.17, 15) is 9.50 Å². The highest BCUT2D eigenvalue weighted by atomic mass is 79.9. The summed E-state index contributed by atoms with van der Waals surface area (Å²) in [6.07, 6.45) is 0.609. The fourth-order valence-electron chi connectivity index (χ4n) is 2.18. The maximum absolute atomic E-state index is 13.3. The van der Waals surface area contributed by atoms with E-state index in [0.717, 1.165) is 21.4 Å². The highest BCUT2D eigenvalue weighted by molar-refractivity contribution is 9.10. The van der Waals surface area contributed by atoms with Gasteiger partial charge in [0.25, 0.3) is 0 Å². The summed E-state index contributed by atoms with van der Waals surface area (Å²) in [4.78, 5) is 0. The molecule has 1 aromatic heterocycles. The summed E-state index contributed by atoms with van der Waals surface area (Å²) < 4.78 is 16.0. The second-order valence-corrected chi connectivity index (χ2v) is 5.40. The summed E-state index contributed by atoms with van der Waals surface area (Å²) in [7, 11) is 1.87. The zero-order valence-corrected chi connectivity index (χ0v) is 12.5. The van der Waals surface area contributed by atoms with Crippen LogP contribution < -0.4 is 0 Å². The van der Waals surface area contributed by atoms with E-state index < -0.39 is 0 Å². The van der Waals surface area contributed by atoms with Crippen molar-refractivity contribution >= 4 is 15.9 Å². The summed E-state index contributed by atoms with van der Waals surface area (Å²) >= 11 is 3.51. The van der Waals surface area contributed by atoms with E-state index in [1.165, 1.54) is 12.1 Å². The van der Waals surface area contributed by atoms with Gasteiger partial charge in [-0.15, -0.1) is 0 Å². The van der Waals surface area contributed by atoms with E-state index in [4.69, 9.17) is 0 Å². The van der Waals surface area contributed by atoms with Crippen LogP contribution in [0.2, 0.25) is 0 Å². The Morgan fingerprint density at radius 1 is 1.47 bits per heavy atom. The molecule has 0 radical (unpaired) electrons. The first-order valence-corrected chi connectivity index (χ1v) is 6.86. The molecule has 0 spiro atoms. The Labute approximate surface area is 120 Å². The molecule has 0 aliphatic heterocycles. The van der Waals surface area contributed by atoms with Gasteiger partial charge in [-0.25, -0.2) is 4.39 Å². The molecule has 5 heteroatoms. The highest BCUT2D eigenvalue weighted by Crippen LogP contribution is 2.27. The van der Waals surface area contributed by atoms with Crippen molar-refractivity contribution in [3.63, 3.8) is 0 Å². The zero-order valence-electron chi connectivity index (χ0n) is 10.9. The number of rotatable bonds is 4. The molecular formula is C14H16BrFN2O. The Balaban J connectivity index is 2.29. The molecule has 0 fully saturated rings. The topological polar surface area (TPSA) is 38.0 Å². The van der Waals surface area contributed by atoms with E-state index in [-0.39, 0.29) is 18.3 Å². The summed E-state index contributed by atoms with van der Waals surface area (Å²) in [5, 5.41) is 13.9. The fraction of sp³-hybridized carbons (Fsp3) is 0.357. The van der Waals surface area contributed by atoms with Gasteiger partial charge in [-0.1, -0.05) is 12.1 Å². The molecule has 1 aromatic carbocycles. The third-order valence-corrected chi connectivity index (χ3v) is 4.27. The maximum Gasteiger partial charge on any atom is 0.123 e. The van der Waals surface area contributed by atoms with Crippen molar-refractivity contribution in [2.75, 3.05) is 6.61 Å². The summed E-state index contributed by atoms with van der Waals surface area (Å²) in [6.45, 7) is 1.89. The van der Waals surface area contributed by atoms with Crippen molar-refractivity contribution in [2.24, 2.45) is 7.05 Å². The Bertz CT molecular complexity index is 583. The lowest BCUT2D eigenvalue weighted by atomic mass is 9.95. The van der Waals surface area contributed by atoms with Crippen LogP contribution in [-0.2, 0) is 13.5 Å². The van der Waals surface area contributed by atoms with Crippen molar-refractivity contribution in [1.29, 1.82) is 0 Å². The van der Waals surface area contributed by atoms with E-state index in [1.54, 1.807) is 10.7 Å². The number of halogens is 2. The smallest absolute Gasteiger partial charge is 0.123 e. The Hall–Kier alpha value is -1.20. The molecule has 2 rings (SSSR count). The van der Waals surface area contributed by atoms with E-state index in [2.05, 4.69) is 21.0 Å². The largest absolute Gasteiger partial charge is 0.396 e. The minimum atomic E-state index is -0.281. The number of aliphatic hydroxyl groups excluding tert-OH is 1. The molecule has 1 atom stereocenters. The predicted molar refractivity (Wildman–Crippen MR) is 75.6 cm³/mol. The minimum absolute atomic E-state index is 0.0277. The standard InChI is InChI=1S/C14H16BrFN2O/c1-9-14(15)13(18(2)17-9)7-11(8-19)10-4-3-5-12(16)6-10/h3-6,11,19H,7-8H2,1-2H3. The lowest BCUT2D eigenvalue weighted by molar-refractivity contribution is 0.262. The number of aromatic nitrogens is 2. The average Bonchev–Trinajstić information content (AvgIpc) is 2.61. The van der Waals surface area contributed by atoms with Gasteiger partial charge in [0.05, 0.1) is 22.5 Å². The van der Waals surface area contributed by atoms with Crippen molar-refractivity contribution in [3.8, 4) is 0 Å². The molecule has 1 unspecified atom stereocenters. The average molecular weight is 327 g/mol. The number of benzene rings is 1. The van der Waals surface area contributed by atoms with Crippen LogP contribution >= 0.6 is 15.9 Å². The number of hydrogen-bond donors (Lipinski definition) is 1. The lowest BCUT2D eigenvalue weighted by Gasteiger charge is -2.15. The van der Waals surface area contributed by atoms with Crippen LogP contribution in [0, 0.1) is 12.7 Å². The van der Waals surface area contributed by atoms with Crippen molar-refractivity contribution < 1.29 is 9.50 Å². The van der Waals surface area contributed by atoms with Crippen LogP contribution in [0.3, 0.4) is 0 Å². The third kappa shape index (κ3) is 3.04. The van der Waals surface area contributed by atoms with Gasteiger partial charge in [0.15, 0.2) is 0 Å². The number of nitrogens with zero attached hydrogens (tertiary/aromatic N) is 2. The summed E-state index contributed by atoms with van der Waals surface area (Å²) in [5.74, 6) is -0.419. The van der Waals surface area contributed by atoms with Gasteiger partial charge in [0.1, 0.15) is 5.82 Å². The molecule has 0 saturated heterocycles. The summed E-state index contributed by atoms with van der Waals surface area (Å²) in [6, 6.07) is 6.37. The molecule has 19 heavy (non-hydrogen) atoms. The predicted octanol–water partition coefficient (Wildman–Crippen LogP) is 2.95. The monoisotopic (exact) mass is 326 g/mol. The lowest BCUT2D eigenvalue weighted by Crippen LogP contribution is -2.11. The summed E-state index contributed by atoms with van der Waals surface area (Å²) in [5.41, 5.74) is 2.71. The zero-order chi connectivity index (χ0) is 14.0. The molecule has 0 amide bonds. The quantitative estimate of drug-likeness (QED) is 0.938. The number of aryl methyl sites for hydroxylation is 2. The van der Waals surface area contributed by atoms with Crippen LogP contribution in [0.4, 0.5) is 4.39 Å². The Kier molecular flexibility index (Phi) is 4.37. The molecule has 1 N–H and O–H groups in total. The van der Waals surface area contributed by atoms with Crippen LogP contribution in [0.5, 0.6) is 0 Å². The molecule has 0 aliphatic rings. The van der Waals surface area contributed by atoms with Crippen molar-refractivity contribution in [3.05, 3.63) is 51.5 Å². The first kappa shape index (κ1) is 14.2. The SMILES string of the molecule is Cc1nn(C)c(CC(CO)c2cccc(F)c2)c1Br. The first-order chi connectivity index (χ1) is 9.02. The van der Waals surface area contributed by atoms with Crippen molar-refractivity contribution in [1.82, 2.24) is 9.78 Å². The van der Waals surface area contributed by atoms with Gasteiger partial charge >= 0.3 is 0 Å². The van der Waals surface area contributed by atoms with Crippen molar-refractivity contribution in [2.45, 2.75) is 19.3 Å². The minimum Gasteiger partial charge on any atom is -0.396 e. The molecular weight excluding hydrogens is 311 g/mol. The molecule has 0 saturated carbocycles. The van der Waals surface area contributed by atoms with Gasteiger partial charge in [-0.05, 0) is 47.0 Å². The Morgan fingerprint density at radius 2 is 2.21 bits per heavy atom. The van der Waals surface area contributed by atoms with E-state index >= 15 is 0 Å². The molecule has 3 nitrogen and oxygen atoms in total. The molecule has 0 bridgehead atoms. The maximum atomic E-state index is 13.3. The van der Waals surface area contributed by atoms with Gasteiger partial charge in [0.2, 0.25) is 0 Å². The van der Waals surface area contributed by atoms with E-state index in [0.29, 0.717) is 6.42 Å². The van der Waals surface area contributed by atoms with Gasteiger partial charge in [-0.2, -0.15) is 5.10 Å². The Morgan fingerprint density at radius 3 is 2.74 bits per heavy atom. The molecule has 2 aromatic rings. The van der Waals surface area contributed by atoms with Crippen LogP contribution in [0.25, 0.3) is 0 Å². The van der Waals surface area contributed by atoms with Gasteiger partial charge in [-0.3, -0.25) is 4.68 Å². The molecule has 0 aliphatic carbocycles. The third-order valence-electron chi connectivity index (χ3n) is 3.24. The number of aliphatic hydroxyl groups is 1. The number of hydrogen-bond acceptors (Lipinski definition) is 2. The van der Waals surface area contributed by atoms with Crippen LogP contribution in [0.15, 0.2) is 28.7 Å². The van der Waals surface area contributed by atoms with Crippen LogP contribution in [-0.4, -0.2) is 21.5 Å². The first-order valence-electron chi connectivity index (χ1n) is 6.07.